The highest BCUT2D eigenvalue weighted by Crippen LogP contribution is 2.32. The Morgan fingerprint density at radius 1 is 1.50 bits per heavy atom. The topological polar surface area (TPSA) is 51.2 Å². The molecule has 1 amide bonds. The number of nitrogens with zero attached hydrogens (tertiary/aromatic N) is 1. The van der Waals surface area contributed by atoms with Gasteiger partial charge in [0.25, 0.3) is 5.91 Å². The van der Waals surface area contributed by atoms with Gasteiger partial charge in [-0.15, -0.1) is 11.3 Å². The van der Waals surface area contributed by atoms with Crippen LogP contribution in [0.15, 0.2) is 35.2 Å². The van der Waals surface area contributed by atoms with Gasteiger partial charge in [-0.25, -0.2) is 4.98 Å². The van der Waals surface area contributed by atoms with E-state index in [2.05, 4.69) is 10.3 Å². The lowest BCUT2D eigenvalue weighted by Crippen LogP contribution is -2.29. The summed E-state index contributed by atoms with van der Waals surface area (Å²) in [4.78, 5) is 15.7. The molecule has 1 aliphatic heterocycles. The van der Waals surface area contributed by atoms with Crippen molar-refractivity contribution >= 4 is 17.2 Å². The number of amides is 1. The second kappa shape index (κ2) is 4.78. The number of aromatic nitrogens is 1. The molecule has 0 fully saturated rings. The molecular weight excluding hydrogens is 248 g/mol. The van der Waals surface area contributed by atoms with Crippen LogP contribution >= 0.6 is 11.3 Å². The van der Waals surface area contributed by atoms with Gasteiger partial charge in [-0.05, 0) is 6.07 Å². The first-order chi connectivity index (χ1) is 8.84. The molecule has 5 heteroatoms. The Hall–Kier alpha value is -1.88. The number of rotatable bonds is 3. The number of fused-ring (bicyclic) bond motifs is 1. The van der Waals surface area contributed by atoms with Crippen molar-refractivity contribution in [2.24, 2.45) is 0 Å². The lowest BCUT2D eigenvalue weighted by atomic mass is 10.0. The summed E-state index contributed by atoms with van der Waals surface area (Å²) in [6.07, 6.45) is 0. The van der Waals surface area contributed by atoms with E-state index in [9.17, 15) is 4.79 Å². The number of nitrogens with one attached hydrogen (secondary N) is 1. The zero-order valence-corrected chi connectivity index (χ0v) is 10.4. The molecule has 0 aliphatic carbocycles. The van der Waals surface area contributed by atoms with E-state index >= 15 is 0 Å². The van der Waals surface area contributed by atoms with Gasteiger partial charge >= 0.3 is 0 Å². The molecule has 1 aromatic carbocycles. The molecule has 2 aromatic rings. The summed E-state index contributed by atoms with van der Waals surface area (Å²) >= 11 is 1.42. The van der Waals surface area contributed by atoms with Crippen LogP contribution in [0.25, 0.3) is 0 Å². The molecule has 1 N–H and O–H groups in total. The van der Waals surface area contributed by atoms with Crippen LogP contribution in [0.3, 0.4) is 0 Å². The SMILES string of the molecule is O=C(NC[C@H]1COc2ccccc21)c1cscn1. The van der Waals surface area contributed by atoms with Crippen LogP contribution in [0.2, 0.25) is 0 Å². The zero-order chi connectivity index (χ0) is 12.4. The Kier molecular flexibility index (Phi) is 2.98. The highest BCUT2D eigenvalue weighted by atomic mass is 32.1. The van der Waals surface area contributed by atoms with E-state index in [1.807, 2.05) is 24.3 Å². The Labute approximate surface area is 109 Å². The number of para-hydroxylation sites is 1. The van der Waals surface area contributed by atoms with Crippen LogP contribution in [-0.4, -0.2) is 24.0 Å². The third-order valence-electron chi connectivity index (χ3n) is 2.97. The summed E-state index contributed by atoms with van der Waals surface area (Å²) in [6.45, 7) is 1.20. The van der Waals surface area contributed by atoms with E-state index in [4.69, 9.17) is 4.74 Å². The Morgan fingerprint density at radius 2 is 2.39 bits per heavy atom. The molecule has 0 spiro atoms. The molecule has 0 bridgehead atoms. The smallest absolute Gasteiger partial charge is 0.270 e. The van der Waals surface area contributed by atoms with Crippen molar-refractivity contribution in [2.45, 2.75) is 5.92 Å². The maximum Gasteiger partial charge on any atom is 0.270 e. The lowest BCUT2D eigenvalue weighted by molar-refractivity contribution is 0.0946. The first kappa shape index (κ1) is 11.2. The van der Waals surface area contributed by atoms with E-state index in [-0.39, 0.29) is 11.8 Å². The predicted octanol–water partition coefficient (Wildman–Crippen LogP) is 2.05. The van der Waals surface area contributed by atoms with Crippen LogP contribution < -0.4 is 10.1 Å². The average Bonchev–Trinajstić information content (AvgIpc) is 3.06. The summed E-state index contributed by atoms with van der Waals surface area (Å²) in [6, 6.07) is 7.94. The number of ether oxygens (including phenoxy) is 1. The van der Waals surface area contributed by atoms with Crippen LogP contribution in [0.5, 0.6) is 5.75 Å². The molecule has 0 saturated carbocycles. The van der Waals surface area contributed by atoms with Crippen molar-refractivity contribution in [1.82, 2.24) is 10.3 Å². The number of carbonyl (C=O) groups excluding carboxylic acids is 1. The van der Waals surface area contributed by atoms with Gasteiger partial charge in [-0.1, -0.05) is 18.2 Å². The summed E-state index contributed by atoms with van der Waals surface area (Å²) in [5.41, 5.74) is 3.30. The van der Waals surface area contributed by atoms with Crippen molar-refractivity contribution in [3.63, 3.8) is 0 Å². The lowest BCUT2D eigenvalue weighted by Gasteiger charge is -2.09. The largest absolute Gasteiger partial charge is 0.493 e. The van der Waals surface area contributed by atoms with E-state index in [0.717, 1.165) is 11.3 Å². The average molecular weight is 260 g/mol. The van der Waals surface area contributed by atoms with Crippen LogP contribution in [-0.2, 0) is 0 Å². The summed E-state index contributed by atoms with van der Waals surface area (Å²) in [5, 5.41) is 4.64. The fraction of sp³-hybridized carbons (Fsp3) is 0.231. The van der Waals surface area contributed by atoms with Crippen LogP contribution in [0.4, 0.5) is 0 Å². The van der Waals surface area contributed by atoms with Gasteiger partial charge < -0.3 is 10.1 Å². The number of carbonyl (C=O) groups is 1. The molecule has 1 aliphatic rings. The van der Waals surface area contributed by atoms with Crippen molar-refractivity contribution in [3.8, 4) is 5.75 Å². The number of hydrogen-bond donors (Lipinski definition) is 1. The van der Waals surface area contributed by atoms with Crippen molar-refractivity contribution < 1.29 is 9.53 Å². The minimum atomic E-state index is -0.124. The van der Waals surface area contributed by atoms with E-state index in [0.29, 0.717) is 18.8 Å². The Morgan fingerprint density at radius 3 is 3.22 bits per heavy atom. The van der Waals surface area contributed by atoms with Crippen molar-refractivity contribution in [1.29, 1.82) is 0 Å². The standard InChI is InChI=1S/C13H12N2O2S/c16-13(11-7-18-8-15-11)14-5-9-6-17-12-4-2-1-3-10(9)12/h1-4,7-9H,5-6H2,(H,14,16)/t9-/m0/s1. The highest BCUT2D eigenvalue weighted by Gasteiger charge is 2.24. The molecule has 0 saturated heterocycles. The molecule has 0 unspecified atom stereocenters. The number of hydrogen-bond acceptors (Lipinski definition) is 4. The van der Waals surface area contributed by atoms with Crippen molar-refractivity contribution in [2.75, 3.05) is 13.2 Å². The van der Waals surface area contributed by atoms with Gasteiger partial charge in [-0.3, -0.25) is 4.79 Å². The molecule has 4 nitrogen and oxygen atoms in total. The maximum absolute atomic E-state index is 11.8. The minimum absolute atomic E-state index is 0.124. The van der Waals surface area contributed by atoms with E-state index < -0.39 is 0 Å². The van der Waals surface area contributed by atoms with Crippen molar-refractivity contribution in [3.05, 3.63) is 46.4 Å². The molecule has 1 atom stereocenters. The third-order valence-corrected chi connectivity index (χ3v) is 3.56. The number of benzene rings is 1. The fourth-order valence-corrected chi connectivity index (χ4v) is 2.56. The minimum Gasteiger partial charge on any atom is -0.493 e. The first-order valence-corrected chi connectivity index (χ1v) is 6.67. The predicted molar refractivity (Wildman–Crippen MR) is 69.1 cm³/mol. The molecule has 18 heavy (non-hydrogen) atoms. The summed E-state index contributed by atoms with van der Waals surface area (Å²) in [7, 11) is 0. The van der Waals surface area contributed by atoms with Gasteiger partial charge in [0.05, 0.1) is 12.1 Å². The van der Waals surface area contributed by atoms with E-state index in [1.54, 1.807) is 10.9 Å². The second-order valence-electron chi connectivity index (χ2n) is 4.13. The van der Waals surface area contributed by atoms with Gasteiger partial charge in [0, 0.05) is 23.4 Å². The van der Waals surface area contributed by atoms with Gasteiger partial charge in [0.2, 0.25) is 0 Å². The third kappa shape index (κ3) is 2.09. The molecule has 92 valence electrons. The quantitative estimate of drug-likeness (QED) is 0.919. The fourth-order valence-electron chi connectivity index (χ4n) is 2.03. The molecule has 1 aromatic heterocycles. The second-order valence-corrected chi connectivity index (χ2v) is 4.85. The van der Waals surface area contributed by atoms with Gasteiger partial charge in [-0.2, -0.15) is 0 Å². The Balaban J connectivity index is 1.64. The monoisotopic (exact) mass is 260 g/mol. The number of thiazole rings is 1. The van der Waals surface area contributed by atoms with Gasteiger partial charge in [0.1, 0.15) is 11.4 Å². The molecule has 0 radical (unpaired) electrons. The molecular formula is C13H12N2O2S. The molecule has 3 rings (SSSR count). The zero-order valence-electron chi connectivity index (χ0n) is 9.63. The normalized spacial score (nSPS) is 17.0. The van der Waals surface area contributed by atoms with Crippen LogP contribution in [0, 0.1) is 0 Å². The maximum atomic E-state index is 11.8. The van der Waals surface area contributed by atoms with E-state index in [1.165, 1.54) is 11.3 Å². The van der Waals surface area contributed by atoms with Gasteiger partial charge in [0.15, 0.2) is 0 Å². The first-order valence-electron chi connectivity index (χ1n) is 5.72. The Bertz CT molecular complexity index is 554. The highest BCUT2D eigenvalue weighted by molar-refractivity contribution is 7.07. The summed E-state index contributed by atoms with van der Waals surface area (Å²) < 4.78 is 5.57. The molecule has 2 heterocycles. The van der Waals surface area contributed by atoms with Crippen LogP contribution in [0.1, 0.15) is 22.0 Å². The summed E-state index contributed by atoms with van der Waals surface area (Å²) in [5.74, 6) is 1.02.